The average Bonchev–Trinajstić information content (AvgIpc) is 3.16. The fourth-order valence-electron chi connectivity index (χ4n) is 2.61. The van der Waals surface area contributed by atoms with Gasteiger partial charge >= 0.3 is 0 Å². The maximum atomic E-state index is 12.2. The van der Waals surface area contributed by atoms with Crippen molar-refractivity contribution < 1.29 is 18.1 Å². The Morgan fingerprint density at radius 3 is 2.79 bits per heavy atom. The lowest BCUT2D eigenvalue weighted by Gasteiger charge is -2.11. The highest BCUT2D eigenvalue weighted by Gasteiger charge is 2.29. The number of rotatable bonds is 4. The van der Waals surface area contributed by atoms with Gasteiger partial charge in [-0.15, -0.1) is 0 Å². The number of nitrogens with zero attached hydrogens (tertiary/aromatic N) is 3. The Balaban J connectivity index is 1.85. The first-order valence-electron chi connectivity index (χ1n) is 7.14. The number of amides is 1. The van der Waals surface area contributed by atoms with Crippen molar-refractivity contribution in [1.82, 2.24) is 14.9 Å². The van der Waals surface area contributed by atoms with E-state index >= 15 is 0 Å². The molecule has 2 heterocycles. The van der Waals surface area contributed by atoms with Crippen LogP contribution in [0.5, 0.6) is 0 Å². The minimum atomic E-state index is -3.11. The van der Waals surface area contributed by atoms with E-state index in [0.29, 0.717) is 6.42 Å². The molecule has 3 rings (SSSR count). The Morgan fingerprint density at radius 2 is 2.21 bits per heavy atom. The van der Waals surface area contributed by atoms with Crippen LogP contribution in [0.15, 0.2) is 36.9 Å². The van der Waals surface area contributed by atoms with Gasteiger partial charge in [-0.2, -0.15) is 0 Å². The van der Waals surface area contributed by atoms with E-state index in [-0.39, 0.29) is 28.4 Å². The molecule has 9 nitrogen and oxygen atoms in total. The van der Waals surface area contributed by atoms with Gasteiger partial charge in [-0.25, -0.2) is 13.4 Å². The van der Waals surface area contributed by atoms with Crippen molar-refractivity contribution in [2.45, 2.75) is 12.5 Å². The van der Waals surface area contributed by atoms with E-state index in [2.05, 4.69) is 10.3 Å². The summed E-state index contributed by atoms with van der Waals surface area (Å²) in [7, 11) is -3.11. The zero-order valence-electron chi connectivity index (χ0n) is 12.5. The normalized spacial score (nSPS) is 19.1. The zero-order valence-corrected chi connectivity index (χ0v) is 13.3. The molecule has 1 aliphatic heterocycles. The largest absolute Gasteiger partial charge is 0.348 e. The lowest BCUT2D eigenvalue weighted by Crippen LogP contribution is -2.35. The van der Waals surface area contributed by atoms with Crippen LogP contribution < -0.4 is 5.32 Å². The third-order valence-electron chi connectivity index (χ3n) is 3.78. The number of nitro groups is 1. The smallest absolute Gasteiger partial charge is 0.294 e. The van der Waals surface area contributed by atoms with E-state index < -0.39 is 26.7 Å². The molecule has 0 saturated carbocycles. The van der Waals surface area contributed by atoms with Gasteiger partial charge in [-0.05, 0) is 18.6 Å². The SMILES string of the molecule is O=C(NC1CCS(=O)(=O)C1)c1ccc(-n2ccnc2)c([N+](=O)[O-])c1. The summed E-state index contributed by atoms with van der Waals surface area (Å²) in [4.78, 5) is 26.8. The number of carbonyl (C=O) groups is 1. The van der Waals surface area contributed by atoms with Crippen LogP contribution in [0.2, 0.25) is 0 Å². The standard InChI is InChI=1S/C14H14N4O5S/c19-14(16-11-3-6-24(22,23)8-11)10-1-2-12(13(7-10)18(20)21)17-5-4-15-9-17/h1-2,4-5,7,9,11H,3,6,8H2,(H,16,19). The quantitative estimate of drug-likeness (QED) is 0.639. The molecule has 1 unspecified atom stereocenters. The van der Waals surface area contributed by atoms with Crippen molar-refractivity contribution in [3.63, 3.8) is 0 Å². The van der Waals surface area contributed by atoms with Crippen LogP contribution in [0.25, 0.3) is 5.69 Å². The first kappa shape index (κ1) is 16.1. The Hall–Kier alpha value is -2.75. The van der Waals surface area contributed by atoms with Crippen LogP contribution in [0.3, 0.4) is 0 Å². The highest BCUT2D eigenvalue weighted by atomic mass is 32.2. The van der Waals surface area contributed by atoms with E-state index in [0.717, 1.165) is 0 Å². The van der Waals surface area contributed by atoms with Crippen LogP contribution in [0.4, 0.5) is 5.69 Å². The molecule has 1 aromatic heterocycles. The highest BCUT2D eigenvalue weighted by molar-refractivity contribution is 7.91. The second-order valence-electron chi connectivity index (χ2n) is 5.50. The molecule has 1 N–H and O–H groups in total. The molecule has 2 aromatic rings. The zero-order chi connectivity index (χ0) is 17.3. The number of benzene rings is 1. The van der Waals surface area contributed by atoms with Crippen molar-refractivity contribution in [3.05, 3.63) is 52.6 Å². The van der Waals surface area contributed by atoms with E-state index in [1.807, 2.05) is 0 Å². The molecule has 126 valence electrons. The Morgan fingerprint density at radius 1 is 1.42 bits per heavy atom. The Bertz CT molecular complexity index is 892. The van der Waals surface area contributed by atoms with Gasteiger partial charge in [-0.1, -0.05) is 0 Å². The molecule has 0 spiro atoms. The Kier molecular flexibility index (Phi) is 4.06. The predicted molar refractivity (Wildman–Crippen MR) is 84.7 cm³/mol. The number of nitro benzene ring substituents is 1. The van der Waals surface area contributed by atoms with Crippen LogP contribution in [-0.4, -0.2) is 46.3 Å². The number of imidazole rings is 1. The molecule has 1 saturated heterocycles. The summed E-state index contributed by atoms with van der Waals surface area (Å²) in [6.45, 7) is 0. The van der Waals surface area contributed by atoms with E-state index in [1.54, 1.807) is 6.20 Å². The summed E-state index contributed by atoms with van der Waals surface area (Å²) < 4.78 is 24.3. The molecular formula is C14H14N4O5S. The van der Waals surface area contributed by atoms with Crippen molar-refractivity contribution in [2.75, 3.05) is 11.5 Å². The number of sulfone groups is 1. The maximum absolute atomic E-state index is 12.2. The highest BCUT2D eigenvalue weighted by Crippen LogP contribution is 2.24. The third-order valence-corrected chi connectivity index (χ3v) is 5.55. The van der Waals surface area contributed by atoms with Crippen LogP contribution in [0, 0.1) is 10.1 Å². The number of nitrogens with one attached hydrogen (secondary N) is 1. The molecule has 1 fully saturated rings. The average molecular weight is 350 g/mol. The summed E-state index contributed by atoms with van der Waals surface area (Å²) in [5, 5.41) is 13.9. The molecule has 1 aliphatic rings. The van der Waals surface area contributed by atoms with Gasteiger partial charge in [0.15, 0.2) is 9.84 Å². The first-order chi connectivity index (χ1) is 11.4. The summed E-state index contributed by atoms with van der Waals surface area (Å²) in [6, 6.07) is 3.63. The molecule has 1 atom stereocenters. The minimum Gasteiger partial charge on any atom is -0.348 e. The number of hydrogen-bond acceptors (Lipinski definition) is 6. The van der Waals surface area contributed by atoms with Crippen molar-refractivity contribution in [3.8, 4) is 5.69 Å². The lowest BCUT2D eigenvalue weighted by molar-refractivity contribution is -0.384. The van der Waals surface area contributed by atoms with Crippen molar-refractivity contribution in [2.24, 2.45) is 0 Å². The van der Waals surface area contributed by atoms with Gasteiger partial charge < -0.3 is 9.88 Å². The molecule has 0 radical (unpaired) electrons. The van der Waals surface area contributed by atoms with Crippen LogP contribution in [-0.2, 0) is 9.84 Å². The van der Waals surface area contributed by atoms with Crippen molar-refractivity contribution in [1.29, 1.82) is 0 Å². The maximum Gasteiger partial charge on any atom is 0.294 e. The number of hydrogen-bond donors (Lipinski definition) is 1. The summed E-state index contributed by atoms with van der Waals surface area (Å²) >= 11 is 0. The van der Waals surface area contributed by atoms with Gasteiger partial charge in [0.2, 0.25) is 0 Å². The second-order valence-corrected chi connectivity index (χ2v) is 7.73. The summed E-state index contributed by atoms with van der Waals surface area (Å²) in [5.74, 6) is -0.594. The fraction of sp³-hybridized carbons (Fsp3) is 0.286. The van der Waals surface area contributed by atoms with Crippen LogP contribution in [0.1, 0.15) is 16.8 Å². The monoisotopic (exact) mass is 350 g/mol. The van der Waals surface area contributed by atoms with E-state index in [1.165, 1.54) is 35.3 Å². The fourth-order valence-corrected chi connectivity index (χ4v) is 4.28. The number of carbonyl (C=O) groups excluding carboxylic acids is 1. The summed E-state index contributed by atoms with van der Waals surface area (Å²) in [5.41, 5.74) is 0.159. The lowest BCUT2D eigenvalue weighted by atomic mass is 10.1. The predicted octanol–water partition coefficient (Wildman–Crippen LogP) is 0.697. The molecular weight excluding hydrogens is 336 g/mol. The van der Waals surface area contributed by atoms with Gasteiger partial charge in [-0.3, -0.25) is 14.9 Å². The third kappa shape index (κ3) is 3.27. The Labute approximate surface area is 137 Å². The van der Waals surface area contributed by atoms with Gasteiger partial charge in [0.1, 0.15) is 5.69 Å². The van der Waals surface area contributed by atoms with Crippen LogP contribution >= 0.6 is 0 Å². The molecule has 1 amide bonds. The van der Waals surface area contributed by atoms with E-state index in [4.69, 9.17) is 0 Å². The molecule has 1 aromatic carbocycles. The molecule has 24 heavy (non-hydrogen) atoms. The molecule has 0 bridgehead atoms. The minimum absolute atomic E-state index is 0.0393. The van der Waals surface area contributed by atoms with Gasteiger partial charge in [0.05, 0.1) is 22.8 Å². The van der Waals surface area contributed by atoms with Crippen molar-refractivity contribution >= 4 is 21.4 Å². The topological polar surface area (TPSA) is 124 Å². The van der Waals surface area contributed by atoms with E-state index in [9.17, 15) is 23.3 Å². The van der Waals surface area contributed by atoms with Gasteiger partial charge in [0.25, 0.3) is 11.6 Å². The second kappa shape index (κ2) is 6.04. The molecule has 10 heteroatoms. The summed E-state index contributed by atoms with van der Waals surface area (Å²) in [6.07, 6.45) is 4.82. The van der Waals surface area contributed by atoms with Gasteiger partial charge in [0, 0.05) is 30.1 Å². The number of aromatic nitrogens is 2. The molecule has 0 aliphatic carbocycles. The first-order valence-corrected chi connectivity index (χ1v) is 8.96.